The van der Waals surface area contributed by atoms with Crippen molar-refractivity contribution in [1.29, 1.82) is 0 Å². The van der Waals surface area contributed by atoms with Crippen LogP contribution >= 0.6 is 0 Å². The lowest BCUT2D eigenvalue weighted by Gasteiger charge is -2.33. The summed E-state index contributed by atoms with van der Waals surface area (Å²) in [7, 11) is 2.09. The van der Waals surface area contributed by atoms with E-state index < -0.39 is 0 Å². The molecule has 2 rings (SSSR count). The van der Waals surface area contributed by atoms with Crippen LogP contribution in [0, 0.1) is 5.41 Å². The van der Waals surface area contributed by atoms with Crippen LogP contribution in [0.4, 0.5) is 0 Å². The summed E-state index contributed by atoms with van der Waals surface area (Å²) >= 11 is 0. The molecule has 0 spiro atoms. The lowest BCUT2D eigenvalue weighted by molar-refractivity contribution is 0.252. The maximum absolute atomic E-state index is 3.54. The van der Waals surface area contributed by atoms with Crippen molar-refractivity contribution < 1.29 is 0 Å². The molecule has 1 aliphatic carbocycles. The van der Waals surface area contributed by atoms with E-state index in [0.717, 1.165) is 12.8 Å². The molecule has 0 aliphatic heterocycles. The number of unbranched alkanes of at least 4 members (excludes halogenated alkanes) is 1. The number of hydrogen-bond donors (Lipinski definition) is 1. The summed E-state index contributed by atoms with van der Waals surface area (Å²) < 4.78 is 0. The summed E-state index contributed by atoms with van der Waals surface area (Å²) in [5.41, 5.74) is 3.38. The predicted octanol–water partition coefficient (Wildman–Crippen LogP) is 6.46. The Morgan fingerprint density at radius 3 is 2.60 bits per heavy atom. The van der Waals surface area contributed by atoms with Crippen LogP contribution in [0.5, 0.6) is 0 Å². The molecule has 1 aromatic rings. The molecule has 1 aromatic carbocycles. The first kappa shape index (κ1) is 20.0. The Labute approximate surface area is 155 Å². The van der Waals surface area contributed by atoms with Crippen LogP contribution in [0.1, 0.15) is 70.8 Å². The molecule has 0 radical (unpaired) electrons. The molecular weight excluding hydrogens is 302 g/mol. The van der Waals surface area contributed by atoms with Gasteiger partial charge in [0.05, 0.1) is 0 Å². The third-order valence-electron chi connectivity index (χ3n) is 5.64. The van der Waals surface area contributed by atoms with Gasteiger partial charge >= 0.3 is 0 Å². The molecule has 0 heterocycles. The highest BCUT2D eigenvalue weighted by molar-refractivity contribution is 5.17. The molecule has 0 fully saturated rings. The Morgan fingerprint density at radius 2 is 1.92 bits per heavy atom. The van der Waals surface area contributed by atoms with Gasteiger partial charge in [0.25, 0.3) is 0 Å². The number of rotatable bonds is 10. The summed E-state index contributed by atoms with van der Waals surface area (Å²) in [5, 5.41) is 3.54. The van der Waals surface area contributed by atoms with Crippen LogP contribution in [0.3, 0.4) is 0 Å². The van der Waals surface area contributed by atoms with E-state index in [0.29, 0.717) is 6.04 Å². The topological polar surface area (TPSA) is 12.0 Å². The standard InChI is InChI=1S/C24H37N/c1-24(2,23(25-3)20-22-17-11-7-12-18-22)19-13-5-4-8-14-21-15-9-6-10-16-21/h5,7,11-13,15,17-18,23,25H,4,6,8-10,14,16,19-20H2,1-3H3. The fraction of sp³-hybridized carbons (Fsp3) is 0.583. The van der Waals surface area contributed by atoms with Crippen molar-refractivity contribution in [2.45, 2.75) is 77.7 Å². The average Bonchev–Trinajstić information content (AvgIpc) is 2.64. The minimum absolute atomic E-state index is 0.257. The normalized spacial score (nSPS) is 16.8. The molecule has 1 heteroatoms. The molecule has 1 aliphatic rings. The van der Waals surface area contributed by atoms with Crippen molar-refractivity contribution in [2.24, 2.45) is 5.41 Å². The zero-order chi connectivity index (χ0) is 18.0. The van der Waals surface area contributed by atoms with Crippen LogP contribution in [0.15, 0.2) is 54.1 Å². The Balaban J connectivity index is 1.73. The van der Waals surface area contributed by atoms with E-state index in [-0.39, 0.29) is 5.41 Å². The first-order valence-electron chi connectivity index (χ1n) is 10.2. The van der Waals surface area contributed by atoms with Gasteiger partial charge in [0.2, 0.25) is 0 Å². The SMILES string of the molecule is CNC(Cc1ccccc1)C(C)(C)CC=CCCCC1=CCCCC1. The van der Waals surface area contributed by atoms with Gasteiger partial charge in [-0.3, -0.25) is 0 Å². The molecule has 0 saturated carbocycles. The Bertz CT molecular complexity index is 538. The lowest BCUT2D eigenvalue weighted by atomic mass is 9.78. The van der Waals surface area contributed by atoms with E-state index in [1.165, 1.54) is 50.5 Å². The van der Waals surface area contributed by atoms with E-state index in [1.54, 1.807) is 5.57 Å². The van der Waals surface area contributed by atoms with Gasteiger partial charge in [-0.2, -0.15) is 0 Å². The lowest BCUT2D eigenvalue weighted by Crippen LogP contribution is -2.41. The number of nitrogens with one attached hydrogen (secondary N) is 1. The zero-order valence-corrected chi connectivity index (χ0v) is 16.6. The molecule has 0 saturated heterocycles. The minimum Gasteiger partial charge on any atom is -0.316 e. The molecule has 1 unspecified atom stereocenters. The van der Waals surface area contributed by atoms with E-state index in [9.17, 15) is 0 Å². The molecule has 1 nitrogen and oxygen atoms in total. The molecule has 0 bridgehead atoms. The van der Waals surface area contributed by atoms with Crippen LogP contribution in [-0.4, -0.2) is 13.1 Å². The Morgan fingerprint density at radius 1 is 1.12 bits per heavy atom. The highest BCUT2D eigenvalue weighted by atomic mass is 14.9. The average molecular weight is 340 g/mol. The second kappa shape index (κ2) is 10.6. The zero-order valence-electron chi connectivity index (χ0n) is 16.6. The summed E-state index contributed by atoms with van der Waals surface area (Å²) in [6.45, 7) is 4.77. The number of hydrogen-bond acceptors (Lipinski definition) is 1. The van der Waals surface area contributed by atoms with Crippen LogP contribution < -0.4 is 5.32 Å². The van der Waals surface area contributed by atoms with Crippen molar-refractivity contribution in [2.75, 3.05) is 7.05 Å². The van der Waals surface area contributed by atoms with E-state index >= 15 is 0 Å². The molecule has 0 aromatic heterocycles. The van der Waals surface area contributed by atoms with Crippen molar-refractivity contribution in [3.63, 3.8) is 0 Å². The predicted molar refractivity (Wildman–Crippen MR) is 111 cm³/mol. The van der Waals surface area contributed by atoms with E-state index in [1.807, 2.05) is 0 Å². The summed E-state index contributed by atoms with van der Waals surface area (Å²) in [4.78, 5) is 0. The molecule has 1 atom stereocenters. The van der Waals surface area contributed by atoms with E-state index in [2.05, 4.69) is 74.8 Å². The maximum atomic E-state index is 3.54. The number of benzene rings is 1. The highest BCUT2D eigenvalue weighted by Crippen LogP contribution is 2.28. The van der Waals surface area contributed by atoms with Gasteiger partial charge in [-0.1, -0.05) is 68.0 Å². The number of allylic oxidation sites excluding steroid dienone is 4. The summed E-state index contributed by atoms with van der Waals surface area (Å²) in [6, 6.07) is 11.3. The smallest absolute Gasteiger partial charge is 0.0159 e. The maximum Gasteiger partial charge on any atom is 0.0159 e. The van der Waals surface area contributed by atoms with Crippen molar-refractivity contribution in [1.82, 2.24) is 5.32 Å². The first-order valence-corrected chi connectivity index (χ1v) is 10.2. The molecule has 0 amide bonds. The summed E-state index contributed by atoms with van der Waals surface area (Å²) in [6.07, 6.45) is 18.8. The molecule has 1 N–H and O–H groups in total. The number of likely N-dealkylation sites (N-methyl/N-ethyl adjacent to an activating group) is 1. The summed E-state index contributed by atoms with van der Waals surface area (Å²) in [5.74, 6) is 0. The van der Waals surface area contributed by atoms with Crippen LogP contribution in [0.25, 0.3) is 0 Å². The quantitative estimate of drug-likeness (QED) is 0.381. The highest BCUT2D eigenvalue weighted by Gasteiger charge is 2.27. The Hall–Kier alpha value is -1.34. The van der Waals surface area contributed by atoms with Gasteiger partial charge in [0.1, 0.15) is 0 Å². The van der Waals surface area contributed by atoms with Gasteiger partial charge in [-0.25, -0.2) is 0 Å². The van der Waals surface area contributed by atoms with Crippen molar-refractivity contribution >= 4 is 0 Å². The monoisotopic (exact) mass is 339 g/mol. The van der Waals surface area contributed by atoms with Gasteiger partial charge in [0, 0.05) is 6.04 Å². The van der Waals surface area contributed by atoms with Gasteiger partial charge in [-0.05, 0) is 75.8 Å². The Kier molecular flexibility index (Phi) is 8.48. The van der Waals surface area contributed by atoms with Crippen LogP contribution in [0.2, 0.25) is 0 Å². The first-order chi connectivity index (χ1) is 12.1. The van der Waals surface area contributed by atoms with Gasteiger partial charge in [0.15, 0.2) is 0 Å². The fourth-order valence-electron chi connectivity index (χ4n) is 3.84. The minimum atomic E-state index is 0.257. The van der Waals surface area contributed by atoms with Gasteiger partial charge in [-0.15, -0.1) is 0 Å². The second-order valence-electron chi connectivity index (χ2n) is 8.20. The second-order valence-corrected chi connectivity index (χ2v) is 8.20. The van der Waals surface area contributed by atoms with E-state index in [4.69, 9.17) is 0 Å². The fourth-order valence-corrected chi connectivity index (χ4v) is 3.84. The largest absolute Gasteiger partial charge is 0.316 e. The van der Waals surface area contributed by atoms with Crippen molar-refractivity contribution in [3.05, 3.63) is 59.7 Å². The third kappa shape index (κ3) is 7.20. The molecular formula is C24H37N. The molecule has 25 heavy (non-hydrogen) atoms. The van der Waals surface area contributed by atoms with Crippen LogP contribution in [-0.2, 0) is 6.42 Å². The third-order valence-corrected chi connectivity index (χ3v) is 5.64. The van der Waals surface area contributed by atoms with Gasteiger partial charge < -0.3 is 5.32 Å². The van der Waals surface area contributed by atoms with Crippen molar-refractivity contribution in [3.8, 4) is 0 Å². The molecule has 138 valence electrons.